The first-order valence-corrected chi connectivity index (χ1v) is 16.6. The second-order valence-corrected chi connectivity index (χ2v) is 14.1. The number of benzene rings is 3. The summed E-state index contributed by atoms with van der Waals surface area (Å²) in [5, 5.41) is 3.75. The van der Waals surface area contributed by atoms with Crippen LogP contribution in [-0.4, -0.2) is 54.3 Å². The Bertz CT molecular complexity index is 1870. The fourth-order valence-corrected chi connectivity index (χ4v) is 7.92. The molecular formula is C36H41N5O5S. The normalized spacial score (nSPS) is 21.1. The third-order valence-corrected chi connectivity index (χ3v) is 10.6. The Balaban J connectivity index is 1.32. The number of thiophene rings is 1. The lowest BCUT2D eigenvalue weighted by molar-refractivity contribution is -0.137. The summed E-state index contributed by atoms with van der Waals surface area (Å²) in [6, 6.07) is 16.9. The fourth-order valence-electron chi connectivity index (χ4n) is 6.71. The van der Waals surface area contributed by atoms with Gasteiger partial charge in [-0.1, -0.05) is 30.3 Å². The van der Waals surface area contributed by atoms with Crippen LogP contribution in [0.1, 0.15) is 71.1 Å². The molecule has 6 rings (SSSR count). The van der Waals surface area contributed by atoms with Crippen molar-refractivity contribution in [2.45, 2.75) is 63.3 Å². The van der Waals surface area contributed by atoms with Gasteiger partial charge in [0, 0.05) is 42.9 Å². The van der Waals surface area contributed by atoms with Crippen LogP contribution in [0, 0.1) is 6.92 Å². The molecule has 0 radical (unpaired) electrons. The zero-order valence-corrected chi connectivity index (χ0v) is 27.9. The van der Waals surface area contributed by atoms with Gasteiger partial charge in [-0.2, -0.15) is 0 Å². The molecule has 11 heteroatoms. The van der Waals surface area contributed by atoms with Crippen LogP contribution in [0.5, 0.6) is 11.5 Å². The first-order valence-electron chi connectivity index (χ1n) is 15.8. The molecule has 10 nitrogen and oxygen atoms in total. The molecule has 3 aromatic carbocycles. The number of nitrogens with zero attached hydrogens (tertiary/aromatic N) is 1. The first kappa shape index (κ1) is 32.6. The number of methoxy groups -OCH3 is 1. The second-order valence-electron chi connectivity index (χ2n) is 13.1. The van der Waals surface area contributed by atoms with E-state index in [1.807, 2.05) is 57.2 Å². The Labute approximate surface area is 278 Å². The van der Waals surface area contributed by atoms with Crippen LogP contribution in [0.15, 0.2) is 60.7 Å². The number of hydrogen-bond acceptors (Lipinski definition) is 9. The Morgan fingerprint density at radius 3 is 2.51 bits per heavy atom. The molecule has 1 aromatic heterocycles. The van der Waals surface area contributed by atoms with Gasteiger partial charge >= 0.3 is 0 Å². The summed E-state index contributed by atoms with van der Waals surface area (Å²) in [5.74, 6) is 0.506. The number of nitrogen functional groups attached to an aromatic ring is 1. The van der Waals surface area contributed by atoms with Crippen molar-refractivity contribution in [1.29, 1.82) is 0 Å². The minimum absolute atomic E-state index is 0.0213. The van der Waals surface area contributed by atoms with E-state index >= 15 is 0 Å². The molecule has 1 fully saturated rings. The number of amides is 2. The third kappa shape index (κ3) is 5.89. The minimum atomic E-state index is -1.58. The number of nitrogens with one attached hydrogen (secondary N) is 1. The van der Waals surface area contributed by atoms with Crippen LogP contribution >= 0.6 is 11.3 Å². The van der Waals surface area contributed by atoms with Crippen molar-refractivity contribution in [2.75, 3.05) is 25.9 Å². The lowest BCUT2D eigenvalue weighted by Gasteiger charge is -2.37. The molecule has 1 saturated heterocycles. The smallest absolute Gasteiger partial charge is 0.262 e. The van der Waals surface area contributed by atoms with E-state index in [4.69, 9.17) is 26.7 Å². The summed E-state index contributed by atoms with van der Waals surface area (Å²) in [7, 11) is 1.59. The Hall–Kier alpha value is -4.29. The van der Waals surface area contributed by atoms with Crippen molar-refractivity contribution in [2.24, 2.45) is 11.5 Å². The summed E-state index contributed by atoms with van der Waals surface area (Å²) in [6.07, 6.45) is 1.71. The standard InChI is InChI=1S/C36H41N5O5S/c1-20-17-23(46-22-10-6-5-7-11-22)12-13-24(20)36(39)25-14-15-26(37)31-28(25)29(30(38)33(36)43)32(47-31)34(44)40-21-9-8-16-41(19-21)27(42)18-35(2,3)45-4/h5-7,10-15,17,21,30H,8-9,16,18-19,37-39H2,1-4H3,(H,40,44). The number of likely N-dealkylation sites (tertiary alicyclic amines) is 1. The average molecular weight is 656 g/mol. The predicted octanol–water partition coefficient (Wildman–Crippen LogP) is 4.90. The van der Waals surface area contributed by atoms with Crippen LogP contribution in [-0.2, 0) is 19.9 Å². The highest BCUT2D eigenvalue weighted by atomic mass is 32.1. The van der Waals surface area contributed by atoms with E-state index < -0.39 is 23.0 Å². The highest BCUT2D eigenvalue weighted by Gasteiger charge is 2.49. The number of rotatable bonds is 8. The molecule has 2 aliphatic rings. The maximum atomic E-state index is 14.3. The summed E-state index contributed by atoms with van der Waals surface area (Å²) in [5.41, 5.74) is 20.9. The number of nitrogens with two attached hydrogens (primary N) is 3. The van der Waals surface area contributed by atoms with Gasteiger partial charge < -0.3 is 36.9 Å². The van der Waals surface area contributed by atoms with Crippen molar-refractivity contribution in [3.8, 4) is 11.5 Å². The number of anilines is 1. The third-order valence-electron chi connectivity index (χ3n) is 9.36. The molecular weight excluding hydrogens is 614 g/mol. The number of aryl methyl sites for hydroxylation is 1. The van der Waals surface area contributed by atoms with Crippen molar-refractivity contribution in [3.63, 3.8) is 0 Å². The Morgan fingerprint density at radius 2 is 1.81 bits per heavy atom. The molecule has 246 valence electrons. The molecule has 1 aliphatic carbocycles. The highest BCUT2D eigenvalue weighted by molar-refractivity contribution is 7.21. The van der Waals surface area contributed by atoms with Gasteiger partial charge in [0.1, 0.15) is 17.0 Å². The molecule has 1 aliphatic heterocycles. The number of piperidine rings is 1. The van der Waals surface area contributed by atoms with Gasteiger partial charge in [0.05, 0.1) is 27.6 Å². The molecule has 3 atom stereocenters. The van der Waals surface area contributed by atoms with E-state index in [1.165, 1.54) is 11.3 Å². The minimum Gasteiger partial charge on any atom is -0.457 e. The zero-order chi connectivity index (χ0) is 33.7. The summed E-state index contributed by atoms with van der Waals surface area (Å²) >= 11 is 1.21. The molecule has 7 N–H and O–H groups in total. The van der Waals surface area contributed by atoms with Crippen LogP contribution in [0.25, 0.3) is 10.1 Å². The van der Waals surface area contributed by atoms with E-state index in [-0.39, 0.29) is 24.3 Å². The highest BCUT2D eigenvalue weighted by Crippen LogP contribution is 2.50. The lowest BCUT2D eigenvalue weighted by Crippen LogP contribution is -2.53. The monoisotopic (exact) mass is 655 g/mol. The average Bonchev–Trinajstić information content (AvgIpc) is 3.46. The number of hydrogen-bond donors (Lipinski definition) is 4. The predicted molar refractivity (Wildman–Crippen MR) is 184 cm³/mol. The number of ketones is 1. The van der Waals surface area contributed by atoms with Gasteiger partial charge in [-0.3, -0.25) is 14.4 Å². The van der Waals surface area contributed by atoms with E-state index in [1.54, 1.807) is 36.3 Å². The van der Waals surface area contributed by atoms with Crippen LogP contribution in [0.3, 0.4) is 0 Å². The summed E-state index contributed by atoms with van der Waals surface area (Å²) < 4.78 is 12.1. The number of ether oxygens (including phenoxy) is 2. The van der Waals surface area contributed by atoms with E-state index in [0.29, 0.717) is 61.9 Å². The number of carbonyl (C=O) groups excluding carboxylic acids is 3. The molecule has 47 heavy (non-hydrogen) atoms. The SMILES string of the molecule is COC(C)(C)CC(=O)N1CCCC(NC(=O)c2sc3c(N)ccc4c3c2C(N)C(=O)C4(N)c2ccc(Oc3ccccc3)cc2C)C1. The number of para-hydroxylation sites is 1. The molecule has 0 bridgehead atoms. The van der Waals surface area contributed by atoms with Crippen molar-refractivity contribution in [1.82, 2.24) is 10.2 Å². The van der Waals surface area contributed by atoms with E-state index in [0.717, 1.165) is 18.4 Å². The first-order chi connectivity index (χ1) is 22.3. The molecule has 2 amide bonds. The quantitative estimate of drug-likeness (QED) is 0.195. The topological polar surface area (TPSA) is 163 Å². The van der Waals surface area contributed by atoms with Crippen LogP contribution in [0.4, 0.5) is 5.69 Å². The fraction of sp³-hybridized carbons (Fsp3) is 0.361. The molecule has 3 unspecified atom stereocenters. The van der Waals surface area contributed by atoms with Crippen molar-refractivity contribution < 1.29 is 23.9 Å². The largest absolute Gasteiger partial charge is 0.457 e. The van der Waals surface area contributed by atoms with Gasteiger partial charge in [0.2, 0.25) is 5.91 Å². The molecule has 0 spiro atoms. The van der Waals surface area contributed by atoms with Gasteiger partial charge in [-0.15, -0.1) is 11.3 Å². The van der Waals surface area contributed by atoms with E-state index in [2.05, 4.69) is 5.32 Å². The number of carbonyl (C=O) groups is 3. The van der Waals surface area contributed by atoms with Crippen LogP contribution in [0.2, 0.25) is 0 Å². The Kier molecular flexibility index (Phi) is 8.60. The van der Waals surface area contributed by atoms with Gasteiger partial charge in [-0.25, -0.2) is 0 Å². The molecule has 0 saturated carbocycles. The molecule has 4 aromatic rings. The van der Waals surface area contributed by atoms with Crippen molar-refractivity contribution >= 4 is 44.7 Å². The van der Waals surface area contributed by atoms with Gasteiger partial charge in [0.25, 0.3) is 5.91 Å². The van der Waals surface area contributed by atoms with Gasteiger partial charge in [0.15, 0.2) is 5.78 Å². The zero-order valence-electron chi connectivity index (χ0n) is 27.1. The van der Waals surface area contributed by atoms with Gasteiger partial charge in [-0.05, 0) is 80.6 Å². The second kappa shape index (κ2) is 12.4. The molecule has 2 heterocycles. The maximum absolute atomic E-state index is 14.3. The number of Topliss-reactive ketones (excluding diaryl/α,β-unsaturated/α-hetero) is 1. The lowest BCUT2D eigenvalue weighted by atomic mass is 9.69. The van der Waals surface area contributed by atoms with Crippen molar-refractivity contribution in [3.05, 3.63) is 87.8 Å². The maximum Gasteiger partial charge on any atom is 0.262 e. The van der Waals surface area contributed by atoms with E-state index in [9.17, 15) is 14.4 Å². The summed E-state index contributed by atoms with van der Waals surface area (Å²) in [6.45, 7) is 6.64. The summed E-state index contributed by atoms with van der Waals surface area (Å²) in [4.78, 5) is 43.3. The Morgan fingerprint density at radius 1 is 1.09 bits per heavy atom. The van der Waals surface area contributed by atoms with Crippen LogP contribution < -0.4 is 27.3 Å².